The summed E-state index contributed by atoms with van der Waals surface area (Å²) in [6, 6.07) is 5.70. The van der Waals surface area contributed by atoms with Crippen LogP contribution in [0.4, 0.5) is 0 Å². The fourth-order valence-corrected chi connectivity index (χ4v) is 3.29. The van der Waals surface area contributed by atoms with E-state index in [-0.39, 0.29) is 12.7 Å². The number of carbonyl (C=O) groups excluding carboxylic acids is 1. The van der Waals surface area contributed by atoms with Gasteiger partial charge in [-0.15, -0.1) is 0 Å². The van der Waals surface area contributed by atoms with Gasteiger partial charge in [-0.1, -0.05) is 10.3 Å². The van der Waals surface area contributed by atoms with E-state index in [1.54, 1.807) is 0 Å². The van der Waals surface area contributed by atoms with E-state index in [2.05, 4.69) is 20.2 Å². The van der Waals surface area contributed by atoms with E-state index >= 15 is 0 Å². The van der Waals surface area contributed by atoms with E-state index in [1.807, 2.05) is 18.2 Å². The molecule has 5 rings (SSSR count). The standard InChI is InChI=1S/C17H15N5O5/c18-16(23)17-19-14(20-27-17)7-22-4-3-11-10(6-22)15(21-26-11)9-1-2-12-13(5-9)25-8-24-12/h1-2,5H,3-4,6-8H2,(H2,18,23). The summed E-state index contributed by atoms with van der Waals surface area (Å²) in [6.07, 6.45) is 0.716. The van der Waals surface area contributed by atoms with Crippen LogP contribution in [0, 0.1) is 0 Å². The molecule has 2 aliphatic heterocycles. The third kappa shape index (κ3) is 2.79. The van der Waals surface area contributed by atoms with Crippen molar-refractivity contribution in [1.82, 2.24) is 20.2 Å². The largest absolute Gasteiger partial charge is 0.454 e. The Morgan fingerprint density at radius 3 is 2.93 bits per heavy atom. The monoisotopic (exact) mass is 369 g/mol. The first-order valence-corrected chi connectivity index (χ1v) is 8.39. The Bertz CT molecular complexity index is 1030. The molecule has 3 aromatic rings. The van der Waals surface area contributed by atoms with E-state index in [0.717, 1.165) is 34.9 Å². The van der Waals surface area contributed by atoms with Gasteiger partial charge in [-0.05, 0) is 18.2 Å². The number of ether oxygens (including phenoxy) is 2. The van der Waals surface area contributed by atoms with Crippen LogP contribution in [0.5, 0.6) is 11.5 Å². The minimum Gasteiger partial charge on any atom is -0.454 e. The van der Waals surface area contributed by atoms with Crippen LogP contribution in [0.25, 0.3) is 11.3 Å². The van der Waals surface area contributed by atoms with Crippen molar-refractivity contribution >= 4 is 5.91 Å². The number of hydrogen-bond acceptors (Lipinski definition) is 9. The number of fused-ring (bicyclic) bond motifs is 2. The minimum absolute atomic E-state index is 0.186. The summed E-state index contributed by atoms with van der Waals surface area (Å²) in [5.41, 5.74) is 7.84. The molecule has 2 N–H and O–H groups in total. The molecule has 1 amide bonds. The maximum Gasteiger partial charge on any atom is 0.315 e. The van der Waals surface area contributed by atoms with E-state index in [0.29, 0.717) is 31.1 Å². The molecule has 0 fully saturated rings. The summed E-state index contributed by atoms with van der Waals surface area (Å²) in [6.45, 7) is 2.02. The molecule has 10 heteroatoms. The van der Waals surface area contributed by atoms with Crippen molar-refractivity contribution in [1.29, 1.82) is 0 Å². The summed E-state index contributed by atoms with van der Waals surface area (Å²) in [5, 5.41) is 8.05. The Morgan fingerprint density at radius 2 is 2.07 bits per heavy atom. The number of benzene rings is 1. The smallest absolute Gasteiger partial charge is 0.315 e. The SMILES string of the molecule is NC(=O)c1nc(CN2CCc3onc(-c4ccc5c(c4)OCO5)c3C2)no1. The van der Waals surface area contributed by atoms with E-state index in [1.165, 1.54) is 0 Å². The predicted octanol–water partition coefficient (Wildman–Crippen LogP) is 1.11. The van der Waals surface area contributed by atoms with Gasteiger partial charge in [0.05, 0.1) is 6.54 Å². The first kappa shape index (κ1) is 15.8. The van der Waals surface area contributed by atoms with Crippen molar-refractivity contribution < 1.29 is 23.3 Å². The van der Waals surface area contributed by atoms with Gasteiger partial charge < -0.3 is 24.3 Å². The first-order valence-electron chi connectivity index (χ1n) is 8.39. The Balaban J connectivity index is 1.39. The number of carbonyl (C=O) groups is 1. The Hall–Kier alpha value is -3.40. The van der Waals surface area contributed by atoms with Crippen LogP contribution >= 0.6 is 0 Å². The fourth-order valence-electron chi connectivity index (χ4n) is 3.29. The van der Waals surface area contributed by atoms with Gasteiger partial charge in [0.1, 0.15) is 11.5 Å². The summed E-state index contributed by atoms with van der Waals surface area (Å²) in [5.74, 6) is 1.77. The van der Waals surface area contributed by atoms with Crippen molar-refractivity contribution in [2.24, 2.45) is 5.73 Å². The third-order valence-electron chi connectivity index (χ3n) is 4.60. The normalized spacial score (nSPS) is 15.7. The zero-order valence-corrected chi connectivity index (χ0v) is 14.2. The molecule has 2 aliphatic rings. The lowest BCUT2D eigenvalue weighted by molar-refractivity contribution is 0.0958. The third-order valence-corrected chi connectivity index (χ3v) is 4.60. The second-order valence-electron chi connectivity index (χ2n) is 6.34. The number of nitrogens with two attached hydrogens (primary N) is 1. The maximum atomic E-state index is 11.1. The average molecular weight is 369 g/mol. The van der Waals surface area contributed by atoms with Gasteiger partial charge in [0, 0.05) is 30.6 Å². The van der Waals surface area contributed by atoms with E-state index in [9.17, 15) is 4.79 Å². The van der Waals surface area contributed by atoms with Gasteiger partial charge in [-0.3, -0.25) is 9.69 Å². The number of nitrogens with zero attached hydrogens (tertiary/aromatic N) is 4. The highest BCUT2D eigenvalue weighted by atomic mass is 16.7. The van der Waals surface area contributed by atoms with Crippen molar-refractivity contribution in [2.45, 2.75) is 19.5 Å². The van der Waals surface area contributed by atoms with Gasteiger partial charge in [-0.2, -0.15) is 4.98 Å². The molecule has 0 atom stereocenters. The number of rotatable bonds is 4. The number of amides is 1. The van der Waals surface area contributed by atoms with Gasteiger partial charge in [-0.25, -0.2) is 0 Å². The molecule has 10 nitrogen and oxygen atoms in total. The molecule has 0 unspecified atom stereocenters. The molecule has 1 aromatic carbocycles. The molecule has 0 saturated heterocycles. The lowest BCUT2D eigenvalue weighted by Crippen LogP contribution is -2.30. The quantitative estimate of drug-likeness (QED) is 0.718. The van der Waals surface area contributed by atoms with Crippen molar-refractivity contribution in [3.63, 3.8) is 0 Å². The molecule has 4 heterocycles. The topological polar surface area (TPSA) is 130 Å². The van der Waals surface area contributed by atoms with Crippen molar-refractivity contribution in [3.8, 4) is 22.8 Å². The average Bonchev–Trinajstić information content (AvgIpc) is 3.40. The molecule has 0 bridgehead atoms. The fraction of sp³-hybridized carbons (Fsp3) is 0.294. The molecule has 27 heavy (non-hydrogen) atoms. The van der Waals surface area contributed by atoms with E-state index < -0.39 is 5.91 Å². The van der Waals surface area contributed by atoms with E-state index in [4.69, 9.17) is 24.3 Å². The molecule has 0 radical (unpaired) electrons. The van der Waals surface area contributed by atoms with Crippen LogP contribution in [-0.2, 0) is 19.5 Å². The van der Waals surface area contributed by atoms with Crippen LogP contribution < -0.4 is 15.2 Å². The predicted molar refractivity (Wildman–Crippen MR) is 88.7 cm³/mol. The summed E-state index contributed by atoms with van der Waals surface area (Å²) >= 11 is 0. The van der Waals surface area contributed by atoms with Crippen molar-refractivity contribution in [3.05, 3.63) is 41.2 Å². The lowest BCUT2D eigenvalue weighted by atomic mass is 10.0. The summed E-state index contributed by atoms with van der Waals surface area (Å²) < 4.78 is 21.2. The van der Waals surface area contributed by atoms with Crippen LogP contribution in [0.1, 0.15) is 27.8 Å². The Labute approximate surface area is 152 Å². The molecule has 138 valence electrons. The number of aromatic nitrogens is 3. The van der Waals surface area contributed by atoms with Crippen LogP contribution in [0.3, 0.4) is 0 Å². The van der Waals surface area contributed by atoms with Gasteiger partial charge in [0.2, 0.25) is 6.79 Å². The second kappa shape index (κ2) is 6.09. The van der Waals surface area contributed by atoms with Crippen LogP contribution in [-0.4, -0.2) is 39.4 Å². The van der Waals surface area contributed by atoms with Crippen molar-refractivity contribution in [2.75, 3.05) is 13.3 Å². The molecule has 0 spiro atoms. The van der Waals surface area contributed by atoms with Gasteiger partial charge in [0.25, 0.3) is 0 Å². The Kier molecular flexibility index (Phi) is 3.57. The molecular weight excluding hydrogens is 354 g/mol. The second-order valence-corrected chi connectivity index (χ2v) is 6.34. The van der Waals surface area contributed by atoms with Crippen LogP contribution in [0.15, 0.2) is 27.2 Å². The first-order chi connectivity index (χ1) is 13.2. The highest BCUT2D eigenvalue weighted by molar-refractivity contribution is 5.87. The molecule has 0 aliphatic carbocycles. The minimum atomic E-state index is -0.737. The maximum absolute atomic E-state index is 11.1. The molecule has 2 aromatic heterocycles. The summed E-state index contributed by atoms with van der Waals surface area (Å²) in [4.78, 5) is 17.2. The highest BCUT2D eigenvalue weighted by Crippen LogP contribution is 2.38. The summed E-state index contributed by atoms with van der Waals surface area (Å²) in [7, 11) is 0. The Morgan fingerprint density at radius 1 is 1.19 bits per heavy atom. The molecular formula is C17H15N5O5. The molecule has 0 saturated carbocycles. The lowest BCUT2D eigenvalue weighted by Gasteiger charge is -2.24. The zero-order valence-electron chi connectivity index (χ0n) is 14.2. The van der Waals surface area contributed by atoms with Crippen LogP contribution in [0.2, 0.25) is 0 Å². The zero-order chi connectivity index (χ0) is 18.4. The van der Waals surface area contributed by atoms with Gasteiger partial charge in [0.15, 0.2) is 17.3 Å². The van der Waals surface area contributed by atoms with Gasteiger partial charge >= 0.3 is 11.8 Å². The highest BCUT2D eigenvalue weighted by Gasteiger charge is 2.27. The number of primary amides is 1. The number of hydrogen-bond donors (Lipinski definition) is 1.